The highest BCUT2D eigenvalue weighted by Gasteiger charge is 2.50. The third kappa shape index (κ3) is 22.6. The standard InChI is InChI=1S/C78H116N4O10/c1-5-9-13-17-21-25-29-33-37-47-65(83)89-55-77(56-90-66(84)48-38-34-30-26-22-18-14-10-6-2)79-63-45-41-43-59-51-53-61(73(81-77)69(59)63)71-75(87)72(76(71)88)62-54-52-60-44-42-46-64-70(60)74(62)82-78(80-64,57-91-67(85)49-39-35-31-27-23-19-15-11-7-3)58-92-68(86)50-40-36-32-28-24-20-16-12-8-4/h41-46,51-54,71,75,79-81,87H,5-40,47-50,55-58H2,1-4H3/p+1. The summed E-state index contributed by atoms with van der Waals surface area (Å²) in [6.07, 6.45) is 40.2. The van der Waals surface area contributed by atoms with E-state index in [1.165, 1.54) is 128 Å². The number of aliphatic hydroxyl groups excluding tert-OH is 1. The number of benzene rings is 4. The number of unbranched alkanes of at least 4 members (excludes halogenated alkanes) is 32. The monoisotopic (exact) mass is 1270 g/mol. The number of rotatable bonds is 49. The Morgan fingerprint density at radius 3 is 1.18 bits per heavy atom. The molecular formula is C78H117N4O10+. The van der Waals surface area contributed by atoms with Crippen molar-refractivity contribution < 1.29 is 53.0 Å². The first-order valence-corrected chi connectivity index (χ1v) is 36.9. The Labute approximate surface area is 551 Å². The van der Waals surface area contributed by atoms with E-state index >= 15 is 4.79 Å². The molecule has 2 atom stereocenters. The van der Waals surface area contributed by atoms with E-state index in [0.717, 1.165) is 111 Å². The number of carbonyl (C=O) groups is 5. The molecule has 0 spiro atoms. The van der Waals surface area contributed by atoms with Crippen molar-refractivity contribution in [3.8, 4) is 0 Å². The molecule has 508 valence electrons. The second-order valence-corrected chi connectivity index (χ2v) is 27.1. The Morgan fingerprint density at radius 2 is 0.783 bits per heavy atom. The first-order chi connectivity index (χ1) is 45.0. The highest BCUT2D eigenvalue weighted by molar-refractivity contribution is 6.28. The van der Waals surface area contributed by atoms with E-state index in [1.54, 1.807) is 0 Å². The Kier molecular flexibility index (Phi) is 32.1. The smallest absolute Gasteiger partial charge is 0.306 e. The largest absolute Gasteiger partial charge is 0.461 e. The van der Waals surface area contributed by atoms with Gasteiger partial charge >= 0.3 is 29.5 Å². The van der Waals surface area contributed by atoms with Crippen molar-refractivity contribution in [2.45, 2.75) is 308 Å². The van der Waals surface area contributed by atoms with Gasteiger partial charge in [0, 0.05) is 42.3 Å². The summed E-state index contributed by atoms with van der Waals surface area (Å²) < 4.78 is 24.5. The number of ketones is 1. The predicted molar refractivity (Wildman–Crippen MR) is 372 cm³/mol. The summed E-state index contributed by atoms with van der Waals surface area (Å²) in [5.74, 6) is -2.65. The van der Waals surface area contributed by atoms with Crippen LogP contribution in [0.2, 0.25) is 0 Å². The molecular weight excluding hydrogens is 1150 g/mol. The molecule has 0 aromatic heterocycles. The van der Waals surface area contributed by atoms with E-state index in [1.807, 2.05) is 60.7 Å². The third-order valence-corrected chi connectivity index (χ3v) is 19.2. The van der Waals surface area contributed by atoms with Crippen molar-refractivity contribution in [1.82, 2.24) is 0 Å². The van der Waals surface area contributed by atoms with Gasteiger partial charge in [-0.2, -0.15) is 0 Å². The number of carbonyl (C=O) groups excluding carboxylic acids is 5. The number of hydrogen-bond donors (Lipinski definition) is 5. The zero-order chi connectivity index (χ0) is 65.2. The van der Waals surface area contributed by atoms with E-state index in [9.17, 15) is 24.3 Å². The van der Waals surface area contributed by atoms with E-state index in [4.69, 9.17) is 18.9 Å². The van der Waals surface area contributed by atoms with Gasteiger partial charge < -0.3 is 40.0 Å². The third-order valence-electron chi connectivity index (χ3n) is 19.2. The molecule has 2 unspecified atom stereocenters. The second kappa shape index (κ2) is 40.3. The van der Waals surface area contributed by atoms with Crippen LogP contribution in [-0.4, -0.2) is 78.6 Å². The zero-order valence-electron chi connectivity index (χ0n) is 57.2. The molecule has 4 aromatic rings. The van der Waals surface area contributed by atoms with Crippen LogP contribution in [0.5, 0.6) is 0 Å². The molecule has 0 radical (unpaired) electrons. The van der Waals surface area contributed by atoms with Crippen LogP contribution in [0.15, 0.2) is 60.7 Å². The molecule has 2 heterocycles. The SMILES string of the molecule is CCCCCCCCCCCC(=O)OCC1(COC(=O)CCCCCCCCCCC)Nc2cccc3ccc(C4C(=O)C(=c5ccc6cccc7c6c5=[NH+]C(COC(=O)CCCCCCCCCCC)(COC(=O)CCCCCCCCCCC)N7)C4O)c(c23)N1. The summed E-state index contributed by atoms with van der Waals surface area (Å²) in [5, 5.41) is 27.9. The number of Topliss-reactive ketones (excluding diaryl/α,β-unsaturated/α-hetero) is 1. The van der Waals surface area contributed by atoms with Crippen LogP contribution in [0.4, 0.5) is 17.1 Å². The van der Waals surface area contributed by atoms with Crippen molar-refractivity contribution in [2.24, 2.45) is 0 Å². The molecule has 92 heavy (non-hydrogen) atoms. The first-order valence-electron chi connectivity index (χ1n) is 36.9. The summed E-state index contributed by atoms with van der Waals surface area (Å²) in [6.45, 7) is 8.19. The van der Waals surface area contributed by atoms with Crippen LogP contribution in [-0.2, 0) is 42.9 Å². The van der Waals surface area contributed by atoms with Gasteiger partial charge in [0.15, 0.2) is 24.7 Å². The Hall–Kier alpha value is -6.02. The Morgan fingerprint density at radius 1 is 0.424 bits per heavy atom. The van der Waals surface area contributed by atoms with Crippen LogP contribution in [0.1, 0.15) is 296 Å². The lowest BCUT2D eigenvalue weighted by Gasteiger charge is -2.43. The number of aliphatic hydroxyl groups is 1. The van der Waals surface area contributed by atoms with E-state index < -0.39 is 23.3 Å². The van der Waals surface area contributed by atoms with Crippen molar-refractivity contribution >= 4 is 73.8 Å². The van der Waals surface area contributed by atoms with Crippen LogP contribution < -0.4 is 31.5 Å². The lowest BCUT2D eigenvalue weighted by atomic mass is 9.69. The molecule has 3 aliphatic rings. The van der Waals surface area contributed by atoms with Gasteiger partial charge in [0.1, 0.15) is 13.2 Å². The summed E-state index contributed by atoms with van der Waals surface area (Å²) in [5.41, 5.74) is 0.0962. The van der Waals surface area contributed by atoms with Crippen molar-refractivity contribution in [2.75, 3.05) is 42.4 Å². The van der Waals surface area contributed by atoms with Crippen LogP contribution >= 0.6 is 0 Å². The molecule has 1 fully saturated rings. The van der Waals surface area contributed by atoms with E-state index in [0.29, 0.717) is 46.0 Å². The van der Waals surface area contributed by atoms with Gasteiger partial charge in [0.25, 0.3) is 0 Å². The van der Waals surface area contributed by atoms with Gasteiger partial charge in [-0.15, -0.1) is 0 Å². The van der Waals surface area contributed by atoms with Crippen LogP contribution in [0.3, 0.4) is 0 Å². The van der Waals surface area contributed by atoms with E-state index in [-0.39, 0.29) is 87.3 Å². The molecule has 0 bridgehead atoms. The molecule has 2 aliphatic heterocycles. The Bertz CT molecular complexity index is 2990. The molecule has 14 heteroatoms. The van der Waals surface area contributed by atoms with Gasteiger partial charge in [-0.3, -0.25) is 24.0 Å². The summed E-state index contributed by atoms with van der Waals surface area (Å²) in [6, 6.07) is 19.3. The predicted octanol–water partition coefficient (Wildman–Crippen LogP) is 16.1. The number of anilines is 3. The molecule has 14 nitrogen and oxygen atoms in total. The maximum Gasteiger partial charge on any atom is 0.306 e. The van der Waals surface area contributed by atoms with Gasteiger partial charge in [-0.05, 0) is 60.2 Å². The van der Waals surface area contributed by atoms with Crippen LogP contribution in [0, 0.1) is 0 Å². The average molecular weight is 1270 g/mol. The average Bonchev–Trinajstić information content (AvgIpc) is 0.718. The molecule has 7 rings (SSSR count). The zero-order valence-corrected chi connectivity index (χ0v) is 57.2. The quantitative estimate of drug-likeness (QED) is 0.0160. The van der Waals surface area contributed by atoms with Crippen molar-refractivity contribution in [3.05, 3.63) is 76.8 Å². The second-order valence-electron chi connectivity index (χ2n) is 27.1. The molecule has 1 aliphatic carbocycles. The molecule has 0 amide bonds. The van der Waals surface area contributed by atoms with Gasteiger partial charge in [0.2, 0.25) is 5.36 Å². The number of nitrogens with one attached hydrogen (secondary N) is 4. The minimum Gasteiger partial charge on any atom is -0.461 e. The highest BCUT2D eigenvalue weighted by atomic mass is 16.6. The molecule has 5 N–H and O–H groups in total. The topological polar surface area (TPSA) is 193 Å². The lowest BCUT2D eigenvalue weighted by Crippen LogP contribution is -2.98. The summed E-state index contributed by atoms with van der Waals surface area (Å²) in [4.78, 5) is 73.4. The fourth-order valence-electron chi connectivity index (χ4n) is 13.7. The first kappa shape index (κ1) is 73.4. The minimum atomic E-state index is -1.33. The van der Waals surface area contributed by atoms with Crippen LogP contribution in [0.25, 0.3) is 27.1 Å². The molecule has 0 saturated heterocycles. The number of ether oxygens (including phenoxy) is 4. The van der Waals surface area contributed by atoms with Gasteiger partial charge in [-0.25, -0.2) is 4.99 Å². The minimum absolute atomic E-state index is 0.176. The normalized spacial score (nSPS) is 16.5. The molecule has 1 saturated carbocycles. The van der Waals surface area contributed by atoms with Crippen molar-refractivity contribution in [1.29, 1.82) is 0 Å². The maximum atomic E-state index is 15.3. The van der Waals surface area contributed by atoms with Crippen molar-refractivity contribution in [3.63, 3.8) is 0 Å². The van der Waals surface area contributed by atoms with Gasteiger partial charge in [-0.1, -0.05) is 276 Å². The van der Waals surface area contributed by atoms with Gasteiger partial charge in [0.05, 0.1) is 34.0 Å². The fraction of sp³-hybridized carbons (Fsp3) is 0.667. The fourth-order valence-corrected chi connectivity index (χ4v) is 13.7. The van der Waals surface area contributed by atoms with E-state index in [2.05, 4.69) is 48.6 Å². The lowest BCUT2D eigenvalue weighted by molar-refractivity contribution is -0.589. The number of hydrogen-bond acceptors (Lipinski definition) is 13. The summed E-state index contributed by atoms with van der Waals surface area (Å²) >= 11 is 0. The summed E-state index contributed by atoms with van der Waals surface area (Å²) in [7, 11) is 0. The Balaban J connectivity index is 1.13. The number of esters is 4. The highest BCUT2D eigenvalue weighted by Crippen LogP contribution is 2.48. The molecule has 4 aromatic carbocycles. The maximum absolute atomic E-state index is 15.3.